The normalized spacial score (nSPS) is 10.5. The third-order valence-electron chi connectivity index (χ3n) is 3.32. The molecular formula is C18H19N3O2S. The number of nitrogens with zero attached hydrogens (tertiary/aromatic N) is 1. The highest BCUT2D eigenvalue weighted by molar-refractivity contribution is 7.80. The topological polar surface area (TPSA) is 62.7 Å². The molecule has 0 radical (unpaired) electrons. The van der Waals surface area contributed by atoms with E-state index in [0.29, 0.717) is 11.4 Å². The highest BCUT2D eigenvalue weighted by atomic mass is 32.1. The first-order chi connectivity index (χ1) is 11.5. The summed E-state index contributed by atoms with van der Waals surface area (Å²) in [5.74, 6) is 0. The average Bonchev–Trinajstić information content (AvgIpc) is 2.55. The number of carbonyl (C=O) groups excluding carboxylic acids is 1. The van der Waals surface area contributed by atoms with Crippen LogP contribution in [0.5, 0.6) is 0 Å². The van der Waals surface area contributed by atoms with Gasteiger partial charge in [0, 0.05) is 6.21 Å². The number of rotatable bonds is 3. The number of para-hydroxylation sites is 2. The first kappa shape index (κ1) is 17.6. The number of aliphatic imine (C=N–C) groups is 1. The fraction of sp³-hybridized carbons (Fsp3) is 0.167. The van der Waals surface area contributed by atoms with Crippen molar-refractivity contribution in [2.24, 2.45) is 4.99 Å². The van der Waals surface area contributed by atoms with Crippen molar-refractivity contribution in [3.8, 4) is 0 Å². The monoisotopic (exact) mass is 341 g/mol. The number of benzene rings is 2. The quantitative estimate of drug-likeness (QED) is 0.651. The molecule has 0 heterocycles. The lowest BCUT2D eigenvalue weighted by Gasteiger charge is -2.10. The van der Waals surface area contributed by atoms with Crippen LogP contribution < -0.4 is 10.6 Å². The number of thiocarbonyl (C=S) groups is 1. The summed E-state index contributed by atoms with van der Waals surface area (Å²) in [6.07, 6.45) is 1.19. The summed E-state index contributed by atoms with van der Waals surface area (Å²) in [5.41, 5.74) is 4.83. The molecule has 0 saturated heterocycles. The number of ether oxygens (including phenoxy) is 1. The van der Waals surface area contributed by atoms with Crippen LogP contribution in [-0.2, 0) is 4.74 Å². The molecule has 1 amide bonds. The largest absolute Gasteiger partial charge is 0.453 e. The van der Waals surface area contributed by atoms with Gasteiger partial charge in [0.25, 0.3) is 0 Å². The number of nitrogens with one attached hydrogen (secondary N) is 2. The molecule has 0 aliphatic rings. The van der Waals surface area contributed by atoms with Gasteiger partial charge in [-0.05, 0) is 49.3 Å². The molecule has 6 heteroatoms. The van der Waals surface area contributed by atoms with Gasteiger partial charge in [-0.3, -0.25) is 10.3 Å². The molecule has 5 nitrogen and oxygen atoms in total. The standard InChI is InChI=1S/C18H19N3O2S/c1-12-8-9-14(13(2)10-12)11-19-15-6-4-5-7-16(15)20-17(24)21-18(22)23-3/h4-11H,1-3H3,(H2,20,21,22,24). The van der Waals surface area contributed by atoms with Gasteiger partial charge >= 0.3 is 6.09 Å². The Labute approximate surface area is 146 Å². The van der Waals surface area contributed by atoms with Crippen molar-refractivity contribution in [1.29, 1.82) is 0 Å². The average molecular weight is 341 g/mol. The van der Waals surface area contributed by atoms with Crippen LogP contribution in [0.15, 0.2) is 47.5 Å². The Morgan fingerprint density at radius 3 is 2.67 bits per heavy atom. The molecule has 24 heavy (non-hydrogen) atoms. The van der Waals surface area contributed by atoms with Crippen LogP contribution in [0.1, 0.15) is 16.7 Å². The zero-order chi connectivity index (χ0) is 17.5. The van der Waals surface area contributed by atoms with Crippen molar-refractivity contribution in [1.82, 2.24) is 5.32 Å². The van der Waals surface area contributed by atoms with E-state index in [4.69, 9.17) is 12.2 Å². The van der Waals surface area contributed by atoms with Crippen molar-refractivity contribution in [3.63, 3.8) is 0 Å². The van der Waals surface area contributed by atoms with Gasteiger partial charge in [-0.2, -0.15) is 0 Å². The summed E-state index contributed by atoms with van der Waals surface area (Å²) in [4.78, 5) is 15.7. The summed E-state index contributed by atoms with van der Waals surface area (Å²) in [5, 5.41) is 5.49. The van der Waals surface area contributed by atoms with Gasteiger partial charge in [-0.15, -0.1) is 0 Å². The number of anilines is 1. The zero-order valence-electron chi connectivity index (χ0n) is 13.8. The molecule has 0 spiro atoms. The van der Waals surface area contributed by atoms with Crippen LogP contribution in [0.2, 0.25) is 0 Å². The van der Waals surface area contributed by atoms with Gasteiger partial charge in [0.05, 0.1) is 18.5 Å². The molecule has 2 rings (SSSR count). The molecule has 2 aromatic rings. The molecule has 2 aromatic carbocycles. The molecule has 0 aliphatic carbocycles. The Balaban J connectivity index is 2.18. The van der Waals surface area contributed by atoms with Crippen LogP contribution in [0.4, 0.5) is 16.2 Å². The Bertz CT molecular complexity index is 788. The number of amides is 1. The minimum atomic E-state index is -0.622. The molecule has 2 N–H and O–H groups in total. The van der Waals surface area contributed by atoms with E-state index in [0.717, 1.165) is 11.1 Å². The maximum absolute atomic E-state index is 11.2. The summed E-state index contributed by atoms with van der Waals surface area (Å²) in [7, 11) is 1.28. The van der Waals surface area contributed by atoms with Crippen LogP contribution in [0.3, 0.4) is 0 Å². The predicted octanol–water partition coefficient (Wildman–Crippen LogP) is 4.11. The Hall–Kier alpha value is -2.73. The summed E-state index contributed by atoms with van der Waals surface area (Å²) < 4.78 is 4.51. The maximum atomic E-state index is 11.2. The summed E-state index contributed by atoms with van der Waals surface area (Å²) in [6.45, 7) is 4.11. The Kier molecular flexibility index (Phi) is 6.03. The van der Waals surface area contributed by atoms with E-state index in [1.807, 2.05) is 49.5 Å². The number of aryl methyl sites for hydroxylation is 2. The van der Waals surface area contributed by atoms with Crippen molar-refractivity contribution < 1.29 is 9.53 Å². The number of hydrogen-bond acceptors (Lipinski definition) is 4. The molecule has 124 valence electrons. The number of carbonyl (C=O) groups is 1. The van der Waals surface area contributed by atoms with Crippen LogP contribution in [0.25, 0.3) is 0 Å². The second-order valence-corrected chi connectivity index (χ2v) is 5.61. The van der Waals surface area contributed by atoms with Crippen molar-refractivity contribution in [3.05, 3.63) is 59.2 Å². The fourth-order valence-corrected chi connectivity index (χ4v) is 2.29. The lowest BCUT2D eigenvalue weighted by molar-refractivity contribution is 0.177. The van der Waals surface area contributed by atoms with Crippen molar-refractivity contribution >= 4 is 41.0 Å². The third kappa shape index (κ3) is 4.89. The highest BCUT2D eigenvalue weighted by Gasteiger charge is 2.06. The van der Waals surface area contributed by atoms with Crippen LogP contribution in [-0.4, -0.2) is 24.5 Å². The zero-order valence-corrected chi connectivity index (χ0v) is 14.6. The fourth-order valence-electron chi connectivity index (χ4n) is 2.10. The molecule has 0 aliphatic heterocycles. The minimum Gasteiger partial charge on any atom is -0.453 e. The summed E-state index contributed by atoms with van der Waals surface area (Å²) >= 11 is 5.08. The molecule has 0 bridgehead atoms. The van der Waals surface area contributed by atoms with Gasteiger partial charge in [-0.25, -0.2) is 4.79 Å². The van der Waals surface area contributed by atoms with E-state index in [1.54, 1.807) is 0 Å². The predicted molar refractivity (Wildman–Crippen MR) is 101 cm³/mol. The van der Waals surface area contributed by atoms with E-state index in [1.165, 1.54) is 12.7 Å². The number of hydrogen-bond donors (Lipinski definition) is 2. The maximum Gasteiger partial charge on any atom is 0.413 e. The molecule has 0 atom stereocenters. The van der Waals surface area contributed by atoms with E-state index in [9.17, 15) is 4.79 Å². The summed E-state index contributed by atoms with van der Waals surface area (Å²) in [6, 6.07) is 13.6. The van der Waals surface area contributed by atoms with E-state index in [2.05, 4.69) is 33.4 Å². The molecule has 0 aromatic heterocycles. The minimum absolute atomic E-state index is 0.149. The molecular weight excluding hydrogens is 322 g/mol. The second kappa shape index (κ2) is 8.21. The van der Waals surface area contributed by atoms with Gasteiger partial charge in [0.15, 0.2) is 5.11 Å². The molecule has 0 fully saturated rings. The van der Waals surface area contributed by atoms with Gasteiger partial charge in [-0.1, -0.05) is 35.9 Å². The Morgan fingerprint density at radius 1 is 1.21 bits per heavy atom. The van der Waals surface area contributed by atoms with E-state index < -0.39 is 6.09 Å². The van der Waals surface area contributed by atoms with E-state index in [-0.39, 0.29) is 5.11 Å². The Morgan fingerprint density at radius 2 is 1.96 bits per heavy atom. The van der Waals surface area contributed by atoms with Gasteiger partial charge in [0.2, 0.25) is 0 Å². The highest BCUT2D eigenvalue weighted by Crippen LogP contribution is 2.24. The second-order valence-electron chi connectivity index (χ2n) is 5.21. The van der Waals surface area contributed by atoms with Gasteiger partial charge in [0.1, 0.15) is 0 Å². The lowest BCUT2D eigenvalue weighted by Crippen LogP contribution is -2.33. The smallest absolute Gasteiger partial charge is 0.413 e. The van der Waals surface area contributed by atoms with Crippen LogP contribution in [0, 0.1) is 13.8 Å². The molecule has 0 saturated carbocycles. The first-order valence-corrected chi connectivity index (χ1v) is 7.76. The van der Waals surface area contributed by atoms with Gasteiger partial charge < -0.3 is 10.1 Å². The van der Waals surface area contributed by atoms with Crippen LogP contribution >= 0.6 is 12.2 Å². The SMILES string of the molecule is COC(=O)NC(=S)Nc1ccccc1N=Cc1ccc(C)cc1C. The lowest BCUT2D eigenvalue weighted by atomic mass is 10.1. The van der Waals surface area contributed by atoms with Crippen molar-refractivity contribution in [2.75, 3.05) is 12.4 Å². The van der Waals surface area contributed by atoms with Crippen molar-refractivity contribution in [2.45, 2.75) is 13.8 Å². The third-order valence-corrected chi connectivity index (χ3v) is 3.53. The van der Waals surface area contributed by atoms with E-state index >= 15 is 0 Å². The number of methoxy groups -OCH3 is 1. The number of alkyl carbamates (subject to hydrolysis) is 1. The molecule has 0 unspecified atom stereocenters. The first-order valence-electron chi connectivity index (χ1n) is 7.36.